The molecule has 3 heteroatoms. The number of benzene rings is 8. The molecule has 344 valence electrons. The Morgan fingerprint density at radius 2 is 0.942 bits per heavy atom. The van der Waals surface area contributed by atoms with Gasteiger partial charge in [-0.2, -0.15) is 0 Å². The van der Waals surface area contributed by atoms with Crippen LogP contribution in [0, 0.1) is 13.8 Å². The molecule has 11 rings (SSSR count). The molecule has 0 unspecified atom stereocenters. The fourth-order valence-corrected chi connectivity index (χ4v) is 12.2. The third kappa shape index (κ3) is 7.93. The molecule has 1 N–H and O–H groups in total. The molecular weight excluding hydrogens is 832 g/mol. The third-order valence-corrected chi connectivity index (χ3v) is 16.7. The summed E-state index contributed by atoms with van der Waals surface area (Å²) in [6.45, 7) is 24.2. The van der Waals surface area contributed by atoms with Gasteiger partial charge in [-0.3, -0.25) is 0 Å². The molecule has 0 saturated carbocycles. The van der Waals surface area contributed by atoms with E-state index >= 15 is 0 Å². The van der Waals surface area contributed by atoms with Gasteiger partial charge in [-0.15, -0.1) is 0 Å². The van der Waals surface area contributed by atoms with Crippen molar-refractivity contribution < 1.29 is 0 Å². The van der Waals surface area contributed by atoms with Crippen molar-refractivity contribution in [2.24, 2.45) is 0 Å². The largest absolute Gasteiger partial charge is 0.355 e. The normalized spacial score (nSPS) is 16.9. The smallest absolute Gasteiger partial charge is 0.198 e. The Bertz CT molecular complexity index is 3260. The predicted octanol–water partition coefficient (Wildman–Crippen LogP) is 16.6. The minimum atomic E-state index is 0.0627. The zero-order valence-electron chi connectivity index (χ0n) is 42.6. The van der Waals surface area contributed by atoms with E-state index in [0.717, 1.165) is 18.7 Å². The van der Waals surface area contributed by atoms with Crippen LogP contribution in [-0.4, -0.2) is 7.28 Å². The third-order valence-electron chi connectivity index (χ3n) is 16.7. The molecule has 3 aliphatic rings. The van der Waals surface area contributed by atoms with E-state index in [9.17, 15) is 0 Å². The van der Waals surface area contributed by atoms with E-state index in [-0.39, 0.29) is 21.7 Å². The Labute approximate surface area is 413 Å². The van der Waals surface area contributed by atoms with E-state index in [2.05, 4.69) is 243 Å². The van der Waals surface area contributed by atoms with Crippen molar-refractivity contribution in [1.29, 1.82) is 0 Å². The van der Waals surface area contributed by atoms with E-state index in [1.165, 1.54) is 132 Å². The molecule has 0 atom stereocenters. The summed E-state index contributed by atoms with van der Waals surface area (Å²) in [5.41, 5.74) is 27.5. The van der Waals surface area contributed by atoms with Crippen LogP contribution in [-0.2, 0) is 21.7 Å². The lowest BCUT2D eigenvalue weighted by molar-refractivity contribution is 0.332. The highest BCUT2D eigenvalue weighted by molar-refractivity contribution is 6.73. The van der Waals surface area contributed by atoms with Gasteiger partial charge >= 0.3 is 0 Å². The van der Waals surface area contributed by atoms with Gasteiger partial charge in [0.05, 0.1) is 0 Å². The highest BCUT2D eigenvalue weighted by atomic mass is 15.2. The van der Waals surface area contributed by atoms with Crippen LogP contribution < -0.4 is 21.1 Å². The molecule has 0 saturated heterocycles. The Kier molecular flexibility index (Phi) is 10.8. The minimum Gasteiger partial charge on any atom is -0.355 e. The molecule has 0 fully saturated rings. The second-order valence-electron chi connectivity index (χ2n) is 23.3. The molecule has 8 aromatic rings. The molecule has 1 heterocycles. The number of nitrogens with one attached hydrogen (secondary N) is 1. The molecule has 2 aliphatic carbocycles. The van der Waals surface area contributed by atoms with Crippen LogP contribution in [0.4, 0.5) is 28.4 Å². The monoisotopic (exact) mass is 899 g/mol. The molecule has 1 aliphatic heterocycles. The number of hydrogen-bond donors (Lipinski definition) is 1. The summed E-state index contributed by atoms with van der Waals surface area (Å²) in [4.78, 5) is 2.68. The van der Waals surface area contributed by atoms with Gasteiger partial charge in [-0.05, 0) is 194 Å². The van der Waals surface area contributed by atoms with Crippen LogP contribution in [0.2, 0.25) is 0 Å². The predicted molar refractivity (Wildman–Crippen MR) is 299 cm³/mol. The summed E-state index contributed by atoms with van der Waals surface area (Å²) in [6, 6.07) is 62.1. The van der Waals surface area contributed by atoms with Crippen molar-refractivity contribution in [3.63, 3.8) is 0 Å². The summed E-state index contributed by atoms with van der Waals surface area (Å²) >= 11 is 0. The molecule has 0 amide bonds. The lowest BCUT2D eigenvalue weighted by Gasteiger charge is -2.45. The van der Waals surface area contributed by atoms with Crippen LogP contribution in [0.25, 0.3) is 44.5 Å². The summed E-state index contributed by atoms with van der Waals surface area (Å²) in [6.07, 6.45) is 4.72. The van der Waals surface area contributed by atoms with Gasteiger partial charge in [0, 0.05) is 34.0 Å². The van der Waals surface area contributed by atoms with Crippen molar-refractivity contribution in [3.8, 4) is 44.5 Å². The zero-order chi connectivity index (χ0) is 48.0. The van der Waals surface area contributed by atoms with Crippen molar-refractivity contribution in [1.82, 2.24) is 0 Å². The second kappa shape index (κ2) is 16.5. The van der Waals surface area contributed by atoms with E-state index < -0.39 is 0 Å². The Hall–Kier alpha value is -6.58. The molecule has 8 aromatic carbocycles. The van der Waals surface area contributed by atoms with Crippen LogP contribution >= 0.6 is 0 Å². The maximum atomic E-state index is 3.98. The van der Waals surface area contributed by atoms with Gasteiger partial charge in [0.15, 0.2) is 7.28 Å². The Morgan fingerprint density at radius 1 is 0.420 bits per heavy atom. The van der Waals surface area contributed by atoms with Crippen LogP contribution in [0.3, 0.4) is 0 Å². The first kappa shape index (κ1) is 44.9. The Morgan fingerprint density at radius 3 is 1.57 bits per heavy atom. The van der Waals surface area contributed by atoms with Gasteiger partial charge in [0.25, 0.3) is 0 Å². The van der Waals surface area contributed by atoms with Gasteiger partial charge in [0.2, 0.25) is 0 Å². The van der Waals surface area contributed by atoms with Crippen molar-refractivity contribution in [2.75, 3.05) is 10.2 Å². The first-order chi connectivity index (χ1) is 33.0. The summed E-state index contributed by atoms with van der Waals surface area (Å²) in [7, 11) is 0.831. The molecule has 0 radical (unpaired) electrons. The molecule has 69 heavy (non-hydrogen) atoms. The maximum Gasteiger partial charge on any atom is 0.198 e. The highest BCUT2D eigenvalue weighted by Gasteiger charge is 2.41. The fraction of sp³-hybridized carbons (Fsp3) is 0.273. The van der Waals surface area contributed by atoms with E-state index in [4.69, 9.17) is 0 Å². The highest BCUT2D eigenvalue weighted by Crippen LogP contribution is 2.52. The van der Waals surface area contributed by atoms with Crippen LogP contribution in [0.15, 0.2) is 164 Å². The number of hydrogen-bond acceptors (Lipinski definition) is 2. The molecule has 0 spiro atoms. The van der Waals surface area contributed by atoms with Gasteiger partial charge in [-0.25, -0.2) is 0 Å². The Balaban J connectivity index is 1.20. The molecule has 0 bridgehead atoms. The molecule has 2 nitrogen and oxygen atoms in total. The zero-order valence-corrected chi connectivity index (χ0v) is 42.6. The second-order valence-corrected chi connectivity index (χ2v) is 23.3. The summed E-state index contributed by atoms with van der Waals surface area (Å²) < 4.78 is 0. The van der Waals surface area contributed by atoms with Crippen LogP contribution in [0.5, 0.6) is 0 Å². The summed E-state index contributed by atoms with van der Waals surface area (Å²) in [5, 5.41) is 3.98. The fourth-order valence-electron chi connectivity index (χ4n) is 12.2. The average Bonchev–Trinajstić information content (AvgIpc) is 3.34. The van der Waals surface area contributed by atoms with Crippen molar-refractivity contribution >= 4 is 46.6 Å². The standard InChI is InChI=1S/C66H67BN2/c1-42-18-17-19-43(2)61(42)48-37-52(51-36-47(45-22-15-12-16-23-45)26-31-58(51)68-49-27-24-46(25-28-49)44-20-13-11-14-21-44)62-60(38-48)69(50-29-30-53-54(39-50)64(5,6)33-32-63(53,3)4)59-41-56-55(40-57(59)67-62)65(7,8)34-35-66(56,9)10/h11-31,36-41,67-68H,32-35H2,1-10H3. The minimum absolute atomic E-state index is 0.0627. The van der Waals surface area contributed by atoms with Crippen LogP contribution in [0.1, 0.15) is 114 Å². The first-order valence-corrected chi connectivity index (χ1v) is 25.5. The topological polar surface area (TPSA) is 15.3 Å². The molecule has 0 aromatic heterocycles. The lowest BCUT2D eigenvalue weighted by atomic mass is 9.55. The average molecular weight is 899 g/mol. The summed E-state index contributed by atoms with van der Waals surface area (Å²) in [5.74, 6) is 0. The number of fused-ring (bicyclic) bond motifs is 4. The van der Waals surface area contributed by atoms with Gasteiger partial charge in [0.1, 0.15) is 0 Å². The van der Waals surface area contributed by atoms with Crippen molar-refractivity contribution in [3.05, 3.63) is 197 Å². The van der Waals surface area contributed by atoms with E-state index in [1.54, 1.807) is 0 Å². The van der Waals surface area contributed by atoms with E-state index in [0.29, 0.717) is 0 Å². The first-order valence-electron chi connectivity index (χ1n) is 25.5. The quantitative estimate of drug-likeness (QED) is 0.160. The lowest BCUT2D eigenvalue weighted by Crippen LogP contribution is -2.44. The maximum absolute atomic E-state index is 3.98. The number of rotatable bonds is 7. The van der Waals surface area contributed by atoms with Gasteiger partial charge in [-0.1, -0.05) is 170 Å². The SMILES string of the molecule is Cc1cccc(C)c1-c1cc(-c2cc(-c3ccccc3)ccc2Nc2ccc(-c3ccccc3)cc2)c2c(c1)N(c1ccc3c(c1)C(C)(C)CCC3(C)C)c1cc3c(cc1B2)C(C)(C)CCC3(C)C. The number of nitrogens with zero attached hydrogens (tertiary/aromatic N) is 1. The van der Waals surface area contributed by atoms with Crippen molar-refractivity contribution in [2.45, 2.75) is 117 Å². The number of aryl methyl sites for hydroxylation is 2. The molecular formula is C66H67BN2. The number of anilines is 5. The van der Waals surface area contributed by atoms with E-state index in [1.807, 2.05) is 0 Å². The van der Waals surface area contributed by atoms with Gasteiger partial charge < -0.3 is 10.2 Å².